The number of hydrogen-bond acceptors (Lipinski definition) is 6. The van der Waals surface area contributed by atoms with Crippen molar-refractivity contribution in [2.24, 2.45) is 0 Å². The quantitative estimate of drug-likeness (QED) is 0.569. The summed E-state index contributed by atoms with van der Waals surface area (Å²) >= 11 is 6.77. The number of carbonyl (C=O) groups is 2. The maximum absolute atomic E-state index is 12.8. The first kappa shape index (κ1) is 19.7. The van der Waals surface area contributed by atoms with E-state index in [1.54, 1.807) is 29.2 Å². The van der Waals surface area contributed by atoms with Gasteiger partial charge >= 0.3 is 5.97 Å². The fourth-order valence-corrected chi connectivity index (χ4v) is 4.72. The Balaban J connectivity index is 1.78. The van der Waals surface area contributed by atoms with Gasteiger partial charge in [0.2, 0.25) is 0 Å². The van der Waals surface area contributed by atoms with E-state index in [4.69, 9.17) is 26.8 Å². The van der Waals surface area contributed by atoms with Crippen molar-refractivity contribution < 1.29 is 24.2 Å². The molecule has 1 aliphatic heterocycles. The van der Waals surface area contributed by atoms with Gasteiger partial charge in [-0.3, -0.25) is 9.69 Å². The third kappa shape index (κ3) is 4.62. The van der Waals surface area contributed by atoms with E-state index >= 15 is 0 Å². The molecule has 1 heterocycles. The van der Waals surface area contributed by atoms with Crippen LogP contribution in [0.5, 0.6) is 11.5 Å². The zero-order valence-corrected chi connectivity index (χ0v) is 16.6. The fraction of sp³-hybridized carbons (Fsp3) is 0.421. The average Bonchev–Trinajstić information content (AvgIpc) is 2.94. The van der Waals surface area contributed by atoms with Gasteiger partial charge in [0, 0.05) is 6.04 Å². The number of thioether (sulfide) groups is 1. The molecule has 1 saturated heterocycles. The third-order valence-electron chi connectivity index (χ3n) is 4.60. The van der Waals surface area contributed by atoms with Crippen LogP contribution < -0.4 is 9.47 Å². The van der Waals surface area contributed by atoms with E-state index in [0.717, 1.165) is 31.2 Å². The monoisotopic (exact) mass is 407 g/mol. The molecule has 0 bridgehead atoms. The van der Waals surface area contributed by atoms with E-state index in [2.05, 4.69) is 0 Å². The molecule has 2 fully saturated rings. The number of nitrogens with zero attached hydrogens (tertiary/aromatic N) is 1. The summed E-state index contributed by atoms with van der Waals surface area (Å²) in [4.78, 5) is 25.9. The molecule has 1 amide bonds. The number of carboxylic acids is 1. The van der Waals surface area contributed by atoms with Gasteiger partial charge in [0.05, 0.1) is 12.0 Å². The van der Waals surface area contributed by atoms with Gasteiger partial charge in [-0.1, -0.05) is 49.3 Å². The van der Waals surface area contributed by atoms with E-state index in [-0.39, 0.29) is 11.9 Å². The van der Waals surface area contributed by atoms with Gasteiger partial charge in [0.25, 0.3) is 5.91 Å². The number of amides is 1. The zero-order chi connectivity index (χ0) is 19.4. The van der Waals surface area contributed by atoms with Crippen LogP contribution in [0.4, 0.5) is 0 Å². The molecule has 1 aliphatic carbocycles. The smallest absolute Gasteiger partial charge is 0.341 e. The van der Waals surface area contributed by atoms with Crippen molar-refractivity contribution in [3.63, 3.8) is 0 Å². The maximum atomic E-state index is 12.8. The zero-order valence-electron chi connectivity index (χ0n) is 15.0. The van der Waals surface area contributed by atoms with E-state index < -0.39 is 12.6 Å². The summed E-state index contributed by atoms with van der Waals surface area (Å²) in [5.41, 5.74) is 0.763. The summed E-state index contributed by atoms with van der Waals surface area (Å²) in [5, 5.41) is 8.74. The van der Waals surface area contributed by atoms with Crippen LogP contribution in [-0.2, 0) is 9.59 Å². The SMILES string of the molecule is COc1cc(C=C2SC(=S)N(C3CCCCC3)C2=O)ccc1OCC(=O)O. The predicted molar refractivity (Wildman–Crippen MR) is 108 cm³/mol. The van der Waals surface area contributed by atoms with Gasteiger partial charge in [-0.15, -0.1) is 0 Å². The minimum atomic E-state index is -1.06. The highest BCUT2D eigenvalue weighted by Gasteiger charge is 2.37. The lowest BCUT2D eigenvalue weighted by atomic mass is 9.94. The Morgan fingerprint density at radius 2 is 2.07 bits per heavy atom. The number of benzene rings is 1. The second-order valence-electron chi connectivity index (χ2n) is 6.44. The summed E-state index contributed by atoms with van der Waals surface area (Å²) in [6.45, 7) is -0.449. The molecule has 0 spiro atoms. The number of hydrogen-bond donors (Lipinski definition) is 1. The first-order chi connectivity index (χ1) is 13.0. The molecule has 6 nitrogen and oxygen atoms in total. The van der Waals surface area contributed by atoms with Gasteiger partial charge in [-0.05, 0) is 36.6 Å². The molecule has 3 rings (SSSR count). The molecule has 1 saturated carbocycles. The molecule has 1 aromatic carbocycles. The number of carbonyl (C=O) groups excluding carboxylic acids is 1. The molecule has 0 aromatic heterocycles. The van der Waals surface area contributed by atoms with Crippen LogP contribution in [-0.4, -0.2) is 46.0 Å². The molecule has 0 unspecified atom stereocenters. The predicted octanol–water partition coefficient (Wildman–Crippen LogP) is 3.69. The Morgan fingerprint density at radius 1 is 1.33 bits per heavy atom. The summed E-state index contributed by atoms with van der Waals surface area (Å²) < 4.78 is 11.1. The third-order valence-corrected chi connectivity index (χ3v) is 5.93. The molecule has 1 aromatic rings. The standard InChI is InChI=1S/C19H21NO5S2/c1-24-15-9-12(7-8-14(15)25-11-17(21)22)10-16-18(23)20(19(26)27-16)13-5-3-2-4-6-13/h7-10,13H,2-6,11H2,1H3,(H,21,22). The van der Waals surface area contributed by atoms with Crippen LogP contribution in [0.15, 0.2) is 23.1 Å². The topological polar surface area (TPSA) is 76.1 Å². The lowest BCUT2D eigenvalue weighted by Gasteiger charge is -2.29. The van der Waals surface area contributed by atoms with Crippen molar-refractivity contribution in [2.75, 3.05) is 13.7 Å². The Kier molecular flexibility index (Phi) is 6.38. The normalized spacial score (nSPS) is 19.6. The first-order valence-corrected chi connectivity index (χ1v) is 10.0. The molecule has 0 radical (unpaired) electrons. The van der Waals surface area contributed by atoms with Crippen LogP contribution in [0.1, 0.15) is 37.7 Å². The molecular formula is C19H21NO5S2. The van der Waals surface area contributed by atoms with Crippen molar-refractivity contribution in [3.8, 4) is 11.5 Å². The van der Waals surface area contributed by atoms with Gasteiger partial charge in [0.15, 0.2) is 18.1 Å². The summed E-state index contributed by atoms with van der Waals surface area (Å²) in [5.74, 6) is -0.353. The highest BCUT2D eigenvalue weighted by atomic mass is 32.2. The number of carboxylic acid groups (broad SMARTS) is 1. The molecule has 8 heteroatoms. The summed E-state index contributed by atoms with van der Waals surface area (Å²) in [7, 11) is 1.48. The van der Waals surface area contributed by atoms with Gasteiger partial charge < -0.3 is 14.6 Å². The van der Waals surface area contributed by atoms with E-state index in [0.29, 0.717) is 20.7 Å². The minimum Gasteiger partial charge on any atom is -0.493 e. The average molecular weight is 408 g/mol. The molecule has 1 N–H and O–H groups in total. The number of rotatable bonds is 6. The molecule has 27 heavy (non-hydrogen) atoms. The molecular weight excluding hydrogens is 386 g/mol. The lowest BCUT2D eigenvalue weighted by molar-refractivity contribution is -0.139. The van der Waals surface area contributed by atoms with Crippen molar-refractivity contribution in [1.82, 2.24) is 4.90 Å². The van der Waals surface area contributed by atoms with Crippen molar-refractivity contribution >= 4 is 46.3 Å². The molecule has 2 aliphatic rings. The summed E-state index contributed by atoms with van der Waals surface area (Å²) in [6.07, 6.45) is 7.28. The van der Waals surface area contributed by atoms with Crippen LogP contribution in [0.3, 0.4) is 0 Å². The Labute approximate surface area is 167 Å². The highest BCUT2D eigenvalue weighted by Crippen LogP contribution is 2.38. The van der Waals surface area contributed by atoms with Gasteiger partial charge in [-0.25, -0.2) is 4.79 Å². The fourth-order valence-electron chi connectivity index (χ4n) is 3.32. The van der Waals surface area contributed by atoms with E-state index in [9.17, 15) is 9.59 Å². The largest absolute Gasteiger partial charge is 0.493 e. The maximum Gasteiger partial charge on any atom is 0.341 e. The lowest BCUT2D eigenvalue weighted by Crippen LogP contribution is -2.39. The Bertz CT molecular complexity index is 786. The van der Waals surface area contributed by atoms with Crippen LogP contribution >= 0.6 is 24.0 Å². The summed E-state index contributed by atoms with van der Waals surface area (Å²) in [6, 6.07) is 5.31. The Hall–Kier alpha value is -2.06. The minimum absolute atomic E-state index is 0.0397. The number of thiocarbonyl (C=S) groups is 1. The Morgan fingerprint density at radius 3 is 2.74 bits per heavy atom. The molecule has 0 atom stereocenters. The highest BCUT2D eigenvalue weighted by molar-refractivity contribution is 8.26. The van der Waals surface area contributed by atoms with E-state index in [1.807, 2.05) is 0 Å². The number of ether oxygens (including phenoxy) is 2. The van der Waals surface area contributed by atoms with Crippen molar-refractivity contribution in [1.29, 1.82) is 0 Å². The van der Waals surface area contributed by atoms with E-state index in [1.165, 1.54) is 25.3 Å². The van der Waals surface area contributed by atoms with Crippen LogP contribution in [0, 0.1) is 0 Å². The second kappa shape index (κ2) is 8.75. The van der Waals surface area contributed by atoms with Crippen molar-refractivity contribution in [2.45, 2.75) is 38.1 Å². The number of aliphatic carboxylic acids is 1. The second-order valence-corrected chi connectivity index (χ2v) is 8.11. The first-order valence-electron chi connectivity index (χ1n) is 8.79. The van der Waals surface area contributed by atoms with Crippen molar-refractivity contribution in [3.05, 3.63) is 28.7 Å². The van der Waals surface area contributed by atoms with Crippen LogP contribution in [0.25, 0.3) is 6.08 Å². The van der Waals surface area contributed by atoms with Crippen LogP contribution in [0.2, 0.25) is 0 Å². The number of methoxy groups -OCH3 is 1. The molecule has 144 valence electrons. The van der Waals surface area contributed by atoms with Gasteiger partial charge in [0.1, 0.15) is 4.32 Å². The van der Waals surface area contributed by atoms with Gasteiger partial charge in [-0.2, -0.15) is 0 Å².